The monoisotopic (exact) mass is 763 g/mol. The van der Waals surface area contributed by atoms with Gasteiger partial charge in [0, 0.05) is 19.5 Å². The lowest BCUT2D eigenvalue weighted by molar-refractivity contribution is -0.144. The van der Waals surface area contributed by atoms with Crippen molar-refractivity contribution in [2.75, 3.05) is 18.8 Å². The van der Waals surface area contributed by atoms with Crippen LogP contribution in [0.25, 0.3) is 0 Å². The lowest BCUT2D eigenvalue weighted by atomic mass is 9.83. The van der Waals surface area contributed by atoms with E-state index in [1.165, 1.54) is 11.0 Å². The molecule has 1 unspecified atom stereocenters. The Kier molecular flexibility index (Phi) is 12.1. The Labute approximate surface area is 320 Å². The molecule has 1 aliphatic heterocycles. The first kappa shape index (κ1) is 41.0. The average molecular weight is 764 g/mol. The van der Waals surface area contributed by atoms with Crippen molar-refractivity contribution in [1.29, 1.82) is 0 Å². The third-order valence-electron chi connectivity index (χ3n) is 12.3. The fourth-order valence-corrected chi connectivity index (χ4v) is 10.4. The molecule has 5 atom stereocenters. The molecule has 5 amide bonds. The Balaban J connectivity index is 1.42. The second kappa shape index (κ2) is 15.9. The lowest BCUT2D eigenvalue weighted by Crippen LogP contribution is -2.63. The Bertz CT molecular complexity index is 1780. The maximum Gasteiger partial charge on any atom is 0.315 e. The third-order valence-corrected chi connectivity index (χ3v) is 15.1. The normalized spacial score (nSPS) is 23.8. The van der Waals surface area contributed by atoms with Crippen LogP contribution in [-0.2, 0) is 41.9 Å². The first-order valence-corrected chi connectivity index (χ1v) is 20.9. The quantitative estimate of drug-likeness (QED) is 0.128. The highest BCUT2D eigenvalue weighted by molar-refractivity contribution is 7.92. The largest absolute Gasteiger partial charge is 0.346 e. The maximum absolute atomic E-state index is 14.9. The number of rotatable bonds is 14. The fraction of sp³-hybridized carbons (Fsp3) is 0.634. The molecular formula is C41H57N5O7S. The van der Waals surface area contributed by atoms with E-state index in [4.69, 9.17) is 6.42 Å². The number of hydrogen-bond acceptors (Lipinski definition) is 7. The molecule has 1 aromatic carbocycles. The number of nitrogens with one attached hydrogen (secondary N) is 4. The zero-order valence-corrected chi connectivity index (χ0v) is 33.2. The number of terminal acetylenes is 1. The number of carbonyl (C=O) groups excluding carboxylic acids is 5. The van der Waals surface area contributed by atoms with Gasteiger partial charge >= 0.3 is 6.03 Å². The molecule has 3 fully saturated rings. The molecule has 12 nitrogen and oxygen atoms in total. The molecule has 1 saturated heterocycles. The maximum atomic E-state index is 14.9. The molecule has 0 bridgehead atoms. The standard InChI is InChI=1S/C41H57N5O7S/c1-8-10-18-30(34(47)36(49)42-21-9-2)43-35(48)33-31-29(40(31,6)7)24-46(33)37(50)32(28-22-26-16-12-13-17-27(26)23-28)44-38(51)45-41(19-14-11-15-20-41)25-54(52,53)39(3,4)5/h1,9,12-13,16-17,28-33H,2,10-11,14-15,18-25H2,3-7H3,(H,42,49)(H,43,48)(H2,44,45,51)/t29-,30?,31-,32-,33-/m0/s1. The highest BCUT2D eigenvalue weighted by Crippen LogP contribution is 2.65. The molecule has 1 heterocycles. The second-order valence-corrected chi connectivity index (χ2v) is 20.0. The van der Waals surface area contributed by atoms with E-state index in [0.717, 1.165) is 30.4 Å². The first-order valence-electron chi connectivity index (χ1n) is 19.2. The second-order valence-electron chi connectivity index (χ2n) is 17.3. The predicted octanol–water partition coefficient (Wildman–Crippen LogP) is 3.24. The summed E-state index contributed by atoms with van der Waals surface area (Å²) in [5.74, 6) is -0.947. The average Bonchev–Trinajstić information content (AvgIpc) is 3.46. The van der Waals surface area contributed by atoms with E-state index in [-0.39, 0.29) is 54.9 Å². The van der Waals surface area contributed by atoms with Crippen LogP contribution in [0.5, 0.6) is 0 Å². The van der Waals surface area contributed by atoms with Crippen LogP contribution < -0.4 is 21.3 Å². The number of hydrogen-bond donors (Lipinski definition) is 4. The summed E-state index contributed by atoms with van der Waals surface area (Å²) < 4.78 is 25.9. The Morgan fingerprint density at radius 3 is 2.24 bits per heavy atom. The minimum absolute atomic E-state index is 0.0105. The van der Waals surface area contributed by atoms with Gasteiger partial charge < -0.3 is 26.2 Å². The van der Waals surface area contributed by atoms with Gasteiger partial charge in [0.1, 0.15) is 12.1 Å². The zero-order chi connectivity index (χ0) is 39.6. The number of carbonyl (C=O) groups is 5. The molecule has 1 aromatic rings. The molecule has 294 valence electrons. The van der Waals surface area contributed by atoms with Crippen LogP contribution >= 0.6 is 0 Å². The Morgan fingerprint density at radius 1 is 1.04 bits per heavy atom. The van der Waals surface area contributed by atoms with E-state index < -0.39 is 67.8 Å². The molecule has 0 spiro atoms. The molecule has 3 aliphatic carbocycles. The molecule has 0 aromatic heterocycles. The smallest absolute Gasteiger partial charge is 0.315 e. The van der Waals surface area contributed by atoms with Crippen LogP contribution in [0.1, 0.15) is 90.7 Å². The summed E-state index contributed by atoms with van der Waals surface area (Å²) in [6, 6.07) is 4.09. The van der Waals surface area contributed by atoms with Crippen molar-refractivity contribution in [3.63, 3.8) is 0 Å². The van der Waals surface area contributed by atoms with E-state index in [9.17, 15) is 32.4 Å². The van der Waals surface area contributed by atoms with Crippen molar-refractivity contribution in [3.05, 3.63) is 48.0 Å². The summed E-state index contributed by atoms with van der Waals surface area (Å²) in [5.41, 5.74) is 0.910. The number of ketones is 1. The van der Waals surface area contributed by atoms with Gasteiger partial charge in [-0.2, -0.15) is 0 Å². The minimum Gasteiger partial charge on any atom is -0.346 e. The van der Waals surface area contributed by atoms with E-state index in [1.807, 2.05) is 38.1 Å². The van der Waals surface area contributed by atoms with Gasteiger partial charge in [0.2, 0.25) is 17.6 Å². The van der Waals surface area contributed by atoms with Crippen LogP contribution in [0.2, 0.25) is 0 Å². The van der Waals surface area contributed by atoms with E-state index in [2.05, 4.69) is 33.8 Å². The summed E-state index contributed by atoms with van der Waals surface area (Å²) in [6.07, 6.45) is 11.6. The summed E-state index contributed by atoms with van der Waals surface area (Å²) in [5, 5.41) is 11.3. The van der Waals surface area contributed by atoms with Crippen molar-refractivity contribution < 1.29 is 32.4 Å². The highest BCUT2D eigenvalue weighted by atomic mass is 32.2. The number of nitrogens with zero attached hydrogens (tertiary/aromatic N) is 1. The molecule has 5 rings (SSSR count). The van der Waals surface area contributed by atoms with E-state index >= 15 is 0 Å². The van der Waals surface area contributed by atoms with Gasteiger partial charge in [0.15, 0.2) is 9.84 Å². The van der Waals surface area contributed by atoms with E-state index in [0.29, 0.717) is 25.7 Å². The number of sulfone groups is 1. The van der Waals surface area contributed by atoms with Crippen LogP contribution in [0.15, 0.2) is 36.9 Å². The molecule has 4 aliphatic rings. The van der Waals surface area contributed by atoms with Gasteiger partial charge in [-0.1, -0.05) is 63.5 Å². The Morgan fingerprint density at radius 2 is 1.67 bits per heavy atom. The van der Waals surface area contributed by atoms with Crippen molar-refractivity contribution in [1.82, 2.24) is 26.2 Å². The van der Waals surface area contributed by atoms with Crippen molar-refractivity contribution in [3.8, 4) is 12.3 Å². The Hall–Kier alpha value is -4.18. The van der Waals surface area contributed by atoms with Gasteiger partial charge in [0.05, 0.1) is 22.1 Å². The van der Waals surface area contributed by atoms with Gasteiger partial charge in [-0.25, -0.2) is 13.2 Å². The molecule has 54 heavy (non-hydrogen) atoms. The predicted molar refractivity (Wildman–Crippen MR) is 207 cm³/mol. The molecule has 0 radical (unpaired) electrons. The number of urea groups is 1. The number of benzene rings is 1. The number of fused-ring (bicyclic) bond motifs is 2. The van der Waals surface area contributed by atoms with Crippen molar-refractivity contribution in [2.24, 2.45) is 23.2 Å². The van der Waals surface area contributed by atoms with Crippen LogP contribution in [0, 0.1) is 35.5 Å². The minimum atomic E-state index is -3.60. The number of amides is 5. The number of likely N-dealkylation sites (tertiary alicyclic amines) is 1. The van der Waals surface area contributed by atoms with Crippen molar-refractivity contribution in [2.45, 2.75) is 121 Å². The van der Waals surface area contributed by atoms with Gasteiger partial charge in [0.25, 0.3) is 5.91 Å². The molecule has 2 saturated carbocycles. The molecule has 4 N–H and O–H groups in total. The van der Waals surface area contributed by atoms with Crippen LogP contribution in [-0.4, -0.2) is 90.1 Å². The molecular weight excluding hydrogens is 707 g/mol. The van der Waals surface area contributed by atoms with Gasteiger partial charge in [-0.3, -0.25) is 19.2 Å². The number of Topliss-reactive ketones (excluding diaryl/α,β-unsaturated/α-hetero) is 1. The zero-order valence-electron chi connectivity index (χ0n) is 32.3. The fourth-order valence-electron chi connectivity index (χ4n) is 8.90. The van der Waals surface area contributed by atoms with Crippen LogP contribution in [0.4, 0.5) is 4.79 Å². The third kappa shape index (κ3) is 8.54. The first-order chi connectivity index (χ1) is 25.4. The summed E-state index contributed by atoms with van der Waals surface area (Å²) in [6.45, 7) is 13.0. The SMILES string of the molecule is C#CCCC(NC(=O)[C@@H]1[C@@H]2[C@H](CN1C(=O)[C@@H](NC(=O)NC1(CS(=O)(=O)C(C)(C)C)CCCCC1)C1Cc3ccccc3C1)C2(C)C)C(=O)C(=O)NCC=C. The summed E-state index contributed by atoms with van der Waals surface area (Å²) >= 11 is 0. The number of piperidine rings is 1. The van der Waals surface area contributed by atoms with Crippen molar-refractivity contribution >= 4 is 39.4 Å². The molecule has 13 heteroatoms. The van der Waals surface area contributed by atoms with E-state index in [1.54, 1.807) is 20.8 Å². The van der Waals surface area contributed by atoms with Gasteiger partial charge in [-0.15, -0.1) is 18.9 Å². The van der Waals surface area contributed by atoms with Crippen LogP contribution in [0.3, 0.4) is 0 Å². The highest BCUT2D eigenvalue weighted by Gasteiger charge is 2.70. The summed E-state index contributed by atoms with van der Waals surface area (Å²) in [7, 11) is -3.60. The summed E-state index contributed by atoms with van der Waals surface area (Å²) in [4.78, 5) is 70.6. The lowest BCUT2D eigenvalue weighted by Gasteiger charge is -2.40. The topological polar surface area (TPSA) is 171 Å². The van der Waals surface area contributed by atoms with Gasteiger partial charge in [-0.05, 0) is 87.2 Å².